The van der Waals surface area contributed by atoms with E-state index in [2.05, 4.69) is 24.1 Å². The summed E-state index contributed by atoms with van der Waals surface area (Å²) in [5.41, 5.74) is 0. The van der Waals surface area contributed by atoms with Crippen LogP contribution in [0.3, 0.4) is 0 Å². The van der Waals surface area contributed by atoms with Gasteiger partial charge in [0, 0.05) is 26.2 Å². The van der Waals surface area contributed by atoms with Gasteiger partial charge in [-0.2, -0.15) is 0 Å². The molecule has 0 bridgehead atoms. The van der Waals surface area contributed by atoms with Gasteiger partial charge in [-0.1, -0.05) is 33.1 Å². The number of hydrogen-bond acceptors (Lipinski definition) is 3. The van der Waals surface area contributed by atoms with Crippen LogP contribution in [0.5, 0.6) is 0 Å². The van der Waals surface area contributed by atoms with Crippen LogP contribution in [0.15, 0.2) is 4.99 Å². The Morgan fingerprint density at radius 2 is 1.73 bits per heavy atom. The lowest BCUT2D eigenvalue weighted by Crippen LogP contribution is -2.49. The first kappa shape index (κ1) is 20.0. The molecule has 1 aliphatic carbocycles. The number of hydrogen-bond donors (Lipinski definition) is 1. The fourth-order valence-electron chi connectivity index (χ4n) is 4.96. The molecule has 0 aromatic heterocycles. The van der Waals surface area contributed by atoms with E-state index in [1.807, 2.05) is 0 Å². The molecule has 1 N–H and O–H groups in total. The van der Waals surface area contributed by atoms with E-state index in [9.17, 15) is 8.42 Å². The first-order valence-electron chi connectivity index (χ1n) is 10.6. The summed E-state index contributed by atoms with van der Waals surface area (Å²) in [5.74, 6) is 4.03. The van der Waals surface area contributed by atoms with Gasteiger partial charge in [0.15, 0.2) is 15.8 Å². The van der Waals surface area contributed by atoms with E-state index in [-0.39, 0.29) is 5.92 Å². The molecule has 3 unspecified atom stereocenters. The molecule has 1 saturated carbocycles. The third-order valence-electron chi connectivity index (χ3n) is 6.27. The molecule has 2 saturated heterocycles. The van der Waals surface area contributed by atoms with Crippen LogP contribution in [0.4, 0.5) is 0 Å². The van der Waals surface area contributed by atoms with Gasteiger partial charge in [-0.15, -0.1) is 0 Å². The number of piperidine rings is 1. The van der Waals surface area contributed by atoms with Gasteiger partial charge in [0.25, 0.3) is 0 Å². The minimum atomic E-state index is -2.82. The van der Waals surface area contributed by atoms with E-state index >= 15 is 0 Å². The fourth-order valence-corrected chi connectivity index (χ4v) is 6.81. The predicted molar refractivity (Wildman–Crippen MR) is 108 cm³/mol. The van der Waals surface area contributed by atoms with Crippen LogP contribution in [0, 0.1) is 23.7 Å². The molecule has 6 heteroatoms. The predicted octanol–water partition coefficient (Wildman–Crippen LogP) is 2.92. The van der Waals surface area contributed by atoms with Crippen LogP contribution < -0.4 is 5.32 Å². The van der Waals surface area contributed by atoms with Crippen molar-refractivity contribution in [1.82, 2.24) is 10.2 Å². The number of aliphatic imine (C=N–C) groups is 1. The Kier molecular flexibility index (Phi) is 6.87. The Bertz CT molecular complexity index is 574. The largest absolute Gasteiger partial charge is 0.356 e. The molecular formula is C20H37N3O2S. The summed E-state index contributed by atoms with van der Waals surface area (Å²) in [7, 11) is -2.82. The highest BCUT2D eigenvalue weighted by molar-refractivity contribution is 7.91. The molecule has 3 fully saturated rings. The molecule has 3 rings (SSSR count). The number of likely N-dealkylation sites (tertiary alicyclic amines) is 1. The SMILES string of the molecule is CC1CC(C)CN(C(=NCC2CCS(=O)(=O)C2)NCC2CCCCC2)C1. The molecule has 150 valence electrons. The summed E-state index contributed by atoms with van der Waals surface area (Å²) >= 11 is 0. The Morgan fingerprint density at radius 1 is 1.04 bits per heavy atom. The van der Waals surface area contributed by atoms with Crippen molar-refractivity contribution in [2.75, 3.05) is 37.7 Å². The molecule has 2 heterocycles. The third-order valence-corrected chi connectivity index (χ3v) is 8.10. The molecule has 2 aliphatic heterocycles. The Balaban J connectivity index is 1.62. The maximum atomic E-state index is 11.7. The molecule has 5 nitrogen and oxygen atoms in total. The van der Waals surface area contributed by atoms with Crippen molar-refractivity contribution in [3.63, 3.8) is 0 Å². The quantitative estimate of drug-likeness (QED) is 0.599. The standard InChI is InChI=1S/C20H37N3O2S/c1-16-10-17(2)14-23(13-16)20(21-11-18-6-4-3-5-7-18)22-12-19-8-9-26(24,25)15-19/h16-19H,3-15H2,1-2H3,(H,21,22). The number of nitrogens with zero attached hydrogens (tertiary/aromatic N) is 2. The van der Waals surface area contributed by atoms with Gasteiger partial charge < -0.3 is 10.2 Å². The minimum Gasteiger partial charge on any atom is -0.356 e. The van der Waals surface area contributed by atoms with Crippen molar-refractivity contribution < 1.29 is 8.42 Å². The van der Waals surface area contributed by atoms with Gasteiger partial charge in [0.05, 0.1) is 11.5 Å². The number of nitrogens with one attached hydrogen (secondary N) is 1. The summed E-state index contributed by atoms with van der Waals surface area (Å²) in [5, 5.41) is 3.67. The zero-order valence-electron chi connectivity index (χ0n) is 16.6. The van der Waals surface area contributed by atoms with Gasteiger partial charge in [0.1, 0.15) is 0 Å². The molecule has 0 radical (unpaired) electrons. The van der Waals surface area contributed by atoms with Crippen LogP contribution in [0.1, 0.15) is 58.8 Å². The van der Waals surface area contributed by atoms with Crippen molar-refractivity contribution in [3.05, 3.63) is 0 Å². The maximum absolute atomic E-state index is 11.7. The molecule has 0 spiro atoms. The van der Waals surface area contributed by atoms with Gasteiger partial charge >= 0.3 is 0 Å². The van der Waals surface area contributed by atoms with Crippen molar-refractivity contribution in [2.24, 2.45) is 28.7 Å². The second-order valence-electron chi connectivity index (χ2n) is 9.17. The minimum absolute atomic E-state index is 0.200. The van der Waals surface area contributed by atoms with Crippen molar-refractivity contribution in [1.29, 1.82) is 0 Å². The zero-order valence-corrected chi connectivity index (χ0v) is 17.4. The first-order valence-corrected chi connectivity index (χ1v) is 12.5. The van der Waals surface area contributed by atoms with Crippen LogP contribution in [-0.4, -0.2) is 57.0 Å². The average molecular weight is 384 g/mol. The molecular weight excluding hydrogens is 346 g/mol. The molecule has 3 aliphatic rings. The fraction of sp³-hybridized carbons (Fsp3) is 0.950. The highest BCUT2D eigenvalue weighted by atomic mass is 32.2. The van der Waals surface area contributed by atoms with Crippen LogP contribution in [-0.2, 0) is 9.84 Å². The highest BCUT2D eigenvalue weighted by Gasteiger charge is 2.29. The molecule has 26 heavy (non-hydrogen) atoms. The van der Waals surface area contributed by atoms with Gasteiger partial charge in [-0.3, -0.25) is 4.99 Å². The summed E-state index contributed by atoms with van der Waals surface area (Å²) < 4.78 is 23.5. The van der Waals surface area contributed by atoms with E-state index in [1.165, 1.54) is 38.5 Å². The summed E-state index contributed by atoms with van der Waals surface area (Å²) in [6, 6.07) is 0. The second-order valence-corrected chi connectivity index (χ2v) is 11.4. The molecule has 0 aromatic rings. The first-order chi connectivity index (χ1) is 12.4. The Labute approximate surface area is 159 Å². The number of guanidine groups is 1. The smallest absolute Gasteiger partial charge is 0.193 e. The zero-order chi connectivity index (χ0) is 18.6. The van der Waals surface area contributed by atoms with Crippen LogP contribution in [0.2, 0.25) is 0 Å². The lowest BCUT2D eigenvalue weighted by Gasteiger charge is -2.38. The van der Waals surface area contributed by atoms with E-state index in [4.69, 9.17) is 4.99 Å². The lowest BCUT2D eigenvalue weighted by atomic mass is 9.89. The average Bonchev–Trinajstić information content (AvgIpc) is 2.94. The Morgan fingerprint density at radius 3 is 2.35 bits per heavy atom. The van der Waals surface area contributed by atoms with E-state index < -0.39 is 9.84 Å². The number of sulfone groups is 1. The third kappa shape index (κ3) is 5.86. The van der Waals surface area contributed by atoms with Gasteiger partial charge in [0.2, 0.25) is 0 Å². The van der Waals surface area contributed by atoms with Crippen LogP contribution in [0.25, 0.3) is 0 Å². The van der Waals surface area contributed by atoms with Crippen molar-refractivity contribution in [3.8, 4) is 0 Å². The Hall–Kier alpha value is -0.780. The van der Waals surface area contributed by atoms with Crippen molar-refractivity contribution >= 4 is 15.8 Å². The maximum Gasteiger partial charge on any atom is 0.193 e. The second kappa shape index (κ2) is 8.94. The topological polar surface area (TPSA) is 61.8 Å². The lowest BCUT2D eigenvalue weighted by molar-refractivity contribution is 0.206. The van der Waals surface area contributed by atoms with Crippen molar-refractivity contribution in [2.45, 2.75) is 58.8 Å². The van der Waals surface area contributed by atoms with E-state index in [0.29, 0.717) is 29.9 Å². The van der Waals surface area contributed by atoms with Gasteiger partial charge in [-0.25, -0.2) is 8.42 Å². The van der Waals surface area contributed by atoms with Gasteiger partial charge in [-0.05, 0) is 49.4 Å². The highest BCUT2D eigenvalue weighted by Crippen LogP contribution is 2.24. The molecule has 0 aromatic carbocycles. The van der Waals surface area contributed by atoms with Crippen LogP contribution >= 0.6 is 0 Å². The van der Waals surface area contributed by atoms with E-state index in [0.717, 1.165) is 37.9 Å². The summed E-state index contributed by atoms with van der Waals surface area (Å²) in [6.45, 7) is 8.43. The number of rotatable bonds is 4. The van der Waals surface area contributed by atoms with E-state index in [1.54, 1.807) is 0 Å². The monoisotopic (exact) mass is 383 g/mol. The summed E-state index contributed by atoms with van der Waals surface area (Å²) in [4.78, 5) is 7.34. The normalized spacial score (nSPS) is 33.4. The molecule has 0 amide bonds. The molecule has 3 atom stereocenters. The summed E-state index contributed by atoms with van der Waals surface area (Å²) in [6.07, 6.45) is 8.81.